The Morgan fingerprint density at radius 3 is 2.23 bits per heavy atom. The number of carbonyl (C=O) groups is 4. The lowest BCUT2D eigenvalue weighted by molar-refractivity contribution is -0.128. The molecule has 176 valence electrons. The van der Waals surface area contributed by atoms with Gasteiger partial charge < -0.3 is 10.2 Å². The van der Waals surface area contributed by atoms with Crippen LogP contribution in [-0.4, -0.2) is 41.6 Å². The topological polar surface area (TPSA) is 86.8 Å². The summed E-state index contributed by atoms with van der Waals surface area (Å²) in [5.74, 6) is -1.66. The largest absolute Gasteiger partial charge is 0.342 e. The molecule has 2 heterocycles. The van der Waals surface area contributed by atoms with Crippen molar-refractivity contribution in [3.05, 3.63) is 94.5 Å². The molecule has 0 saturated carbocycles. The first-order valence-electron chi connectivity index (χ1n) is 11.3. The van der Waals surface area contributed by atoms with Crippen molar-refractivity contribution >= 4 is 46.6 Å². The monoisotopic (exact) mass is 487 g/mol. The first kappa shape index (κ1) is 22.8. The molecule has 0 radical (unpaired) electrons. The van der Waals surface area contributed by atoms with Gasteiger partial charge in [-0.05, 0) is 42.3 Å². The molecule has 35 heavy (non-hydrogen) atoms. The molecular weight excluding hydrogens is 466 g/mol. The number of carbonyl (C=O) groups excluding carboxylic acids is 4. The first-order valence-corrected chi connectivity index (χ1v) is 11.7. The van der Waals surface area contributed by atoms with Crippen LogP contribution in [0.3, 0.4) is 0 Å². The predicted octanol–water partition coefficient (Wildman–Crippen LogP) is 4.17. The highest BCUT2D eigenvalue weighted by atomic mass is 35.5. The Morgan fingerprint density at radius 2 is 1.57 bits per heavy atom. The van der Waals surface area contributed by atoms with Crippen molar-refractivity contribution in [2.75, 3.05) is 23.3 Å². The van der Waals surface area contributed by atoms with E-state index in [-0.39, 0.29) is 28.9 Å². The fourth-order valence-electron chi connectivity index (χ4n) is 4.49. The lowest BCUT2D eigenvalue weighted by Gasteiger charge is -2.18. The van der Waals surface area contributed by atoms with Crippen LogP contribution >= 0.6 is 11.6 Å². The molecule has 5 rings (SSSR count). The van der Waals surface area contributed by atoms with E-state index in [4.69, 9.17) is 11.6 Å². The SMILES string of the molecule is O=C(Nc1ccc(N2C(=O)c3ccccc3C2=O)c(Cl)c1)C1CC(=O)N(CCc2ccccc2)C1. The minimum absolute atomic E-state index is 0.0416. The number of rotatable bonds is 6. The van der Waals surface area contributed by atoms with Crippen LogP contribution in [0.5, 0.6) is 0 Å². The normalized spacial score (nSPS) is 17.2. The molecule has 1 fully saturated rings. The van der Waals surface area contributed by atoms with E-state index < -0.39 is 17.7 Å². The zero-order valence-electron chi connectivity index (χ0n) is 18.7. The van der Waals surface area contributed by atoms with Crippen LogP contribution in [0.25, 0.3) is 0 Å². The van der Waals surface area contributed by atoms with Crippen molar-refractivity contribution < 1.29 is 19.2 Å². The van der Waals surface area contributed by atoms with Crippen molar-refractivity contribution in [2.24, 2.45) is 5.92 Å². The minimum Gasteiger partial charge on any atom is -0.342 e. The molecule has 2 aliphatic heterocycles. The number of nitrogens with zero attached hydrogens (tertiary/aromatic N) is 2. The van der Waals surface area contributed by atoms with Gasteiger partial charge in [0.2, 0.25) is 11.8 Å². The summed E-state index contributed by atoms with van der Waals surface area (Å²) >= 11 is 6.41. The number of hydrogen-bond acceptors (Lipinski definition) is 4. The first-order chi connectivity index (χ1) is 16.9. The van der Waals surface area contributed by atoms with E-state index in [9.17, 15) is 19.2 Å². The van der Waals surface area contributed by atoms with Crippen molar-refractivity contribution in [3.8, 4) is 0 Å². The molecule has 7 nitrogen and oxygen atoms in total. The molecule has 1 unspecified atom stereocenters. The zero-order valence-corrected chi connectivity index (χ0v) is 19.5. The van der Waals surface area contributed by atoms with Crippen molar-refractivity contribution in [3.63, 3.8) is 0 Å². The summed E-state index contributed by atoms with van der Waals surface area (Å²) in [5.41, 5.74) is 2.47. The molecule has 1 N–H and O–H groups in total. The molecule has 4 amide bonds. The fourth-order valence-corrected chi connectivity index (χ4v) is 4.76. The summed E-state index contributed by atoms with van der Waals surface area (Å²) in [6, 6.07) is 21.1. The van der Waals surface area contributed by atoms with Gasteiger partial charge in [-0.2, -0.15) is 0 Å². The lowest BCUT2D eigenvalue weighted by atomic mass is 10.1. The van der Waals surface area contributed by atoms with Gasteiger partial charge in [-0.25, -0.2) is 4.90 Å². The van der Waals surface area contributed by atoms with E-state index >= 15 is 0 Å². The highest BCUT2D eigenvalue weighted by Crippen LogP contribution is 2.35. The Labute approximate surface area is 207 Å². The number of nitrogens with one attached hydrogen (secondary N) is 1. The Hall–Kier alpha value is -3.97. The zero-order chi connectivity index (χ0) is 24.5. The van der Waals surface area contributed by atoms with Crippen LogP contribution in [-0.2, 0) is 16.0 Å². The van der Waals surface area contributed by atoms with E-state index in [0.29, 0.717) is 29.9 Å². The predicted molar refractivity (Wildman–Crippen MR) is 132 cm³/mol. The molecule has 1 saturated heterocycles. The fraction of sp³-hybridized carbons (Fsp3) is 0.185. The molecule has 0 aromatic heterocycles. The van der Waals surface area contributed by atoms with Crippen LogP contribution < -0.4 is 10.2 Å². The Morgan fingerprint density at radius 1 is 0.914 bits per heavy atom. The van der Waals surface area contributed by atoms with Gasteiger partial charge >= 0.3 is 0 Å². The summed E-state index contributed by atoms with van der Waals surface area (Å²) in [7, 11) is 0. The van der Waals surface area contributed by atoms with Crippen molar-refractivity contribution in [1.29, 1.82) is 0 Å². The third-order valence-corrected chi connectivity index (χ3v) is 6.65. The van der Waals surface area contributed by atoms with Gasteiger partial charge in [0.25, 0.3) is 11.8 Å². The van der Waals surface area contributed by atoms with Gasteiger partial charge in [0.15, 0.2) is 0 Å². The van der Waals surface area contributed by atoms with Gasteiger partial charge in [-0.15, -0.1) is 0 Å². The number of likely N-dealkylation sites (tertiary alicyclic amines) is 1. The quantitative estimate of drug-likeness (QED) is 0.529. The van der Waals surface area contributed by atoms with Gasteiger partial charge in [0, 0.05) is 25.2 Å². The molecule has 1 atom stereocenters. The number of anilines is 2. The molecule has 0 bridgehead atoms. The van der Waals surface area contributed by atoms with Gasteiger partial charge in [0.1, 0.15) is 0 Å². The third kappa shape index (κ3) is 4.42. The van der Waals surface area contributed by atoms with Crippen LogP contribution in [0.4, 0.5) is 11.4 Å². The highest BCUT2D eigenvalue weighted by molar-refractivity contribution is 6.40. The van der Waals surface area contributed by atoms with E-state index in [2.05, 4.69) is 5.32 Å². The summed E-state index contributed by atoms with van der Waals surface area (Å²) < 4.78 is 0. The Kier molecular flexibility index (Phi) is 6.09. The second-order valence-electron chi connectivity index (χ2n) is 8.62. The number of imide groups is 1. The molecule has 2 aliphatic rings. The molecular formula is C27H22ClN3O4. The number of fused-ring (bicyclic) bond motifs is 1. The summed E-state index contributed by atoms with van der Waals surface area (Å²) in [6.45, 7) is 0.922. The Balaban J connectivity index is 1.23. The van der Waals surface area contributed by atoms with Crippen LogP contribution in [0.15, 0.2) is 72.8 Å². The maximum Gasteiger partial charge on any atom is 0.266 e. The molecule has 0 aliphatic carbocycles. The van der Waals surface area contributed by atoms with Crippen molar-refractivity contribution in [2.45, 2.75) is 12.8 Å². The number of halogens is 1. The third-order valence-electron chi connectivity index (χ3n) is 6.35. The second kappa shape index (κ2) is 9.35. The standard InChI is InChI=1S/C27H22ClN3O4/c28-22-15-19(10-11-23(22)31-26(34)20-8-4-5-9-21(20)27(31)35)29-25(33)18-14-24(32)30(16-18)13-12-17-6-2-1-3-7-17/h1-11,15,18H,12-14,16H2,(H,29,33). The maximum atomic E-state index is 12.8. The van der Waals surface area contributed by atoms with E-state index in [1.807, 2.05) is 30.3 Å². The number of hydrogen-bond donors (Lipinski definition) is 1. The second-order valence-corrected chi connectivity index (χ2v) is 9.03. The maximum absolute atomic E-state index is 12.8. The molecule has 0 spiro atoms. The van der Waals surface area contributed by atoms with Crippen LogP contribution in [0.2, 0.25) is 5.02 Å². The summed E-state index contributed by atoms with van der Waals surface area (Å²) in [6.07, 6.45) is 0.886. The van der Waals surface area contributed by atoms with Gasteiger partial charge in [0.05, 0.1) is 27.8 Å². The van der Waals surface area contributed by atoms with Gasteiger partial charge in [-0.3, -0.25) is 19.2 Å². The average Bonchev–Trinajstić information content (AvgIpc) is 3.36. The van der Waals surface area contributed by atoms with Crippen LogP contribution in [0.1, 0.15) is 32.7 Å². The van der Waals surface area contributed by atoms with E-state index in [0.717, 1.165) is 16.9 Å². The van der Waals surface area contributed by atoms with Crippen LogP contribution in [0, 0.1) is 5.92 Å². The molecule has 3 aromatic carbocycles. The summed E-state index contributed by atoms with van der Waals surface area (Å²) in [4.78, 5) is 53.5. The van der Waals surface area contributed by atoms with Gasteiger partial charge in [-0.1, -0.05) is 54.1 Å². The lowest BCUT2D eigenvalue weighted by Crippen LogP contribution is -2.30. The van der Waals surface area contributed by atoms with Crippen molar-refractivity contribution in [1.82, 2.24) is 4.90 Å². The number of amides is 4. The van der Waals surface area contributed by atoms with E-state index in [1.54, 1.807) is 35.2 Å². The van der Waals surface area contributed by atoms with E-state index in [1.165, 1.54) is 12.1 Å². The summed E-state index contributed by atoms with van der Waals surface area (Å²) in [5, 5.41) is 2.96. The highest BCUT2D eigenvalue weighted by Gasteiger charge is 2.37. The smallest absolute Gasteiger partial charge is 0.266 e. The minimum atomic E-state index is -0.465. The average molecular weight is 488 g/mol. The number of benzene rings is 3. The molecule has 3 aromatic rings. The Bertz CT molecular complexity index is 1310. The molecule has 8 heteroatoms.